The number of carbonyl (C=O) groups is 1. The number of hydrogen-bond acceptors (Lipinski definition) is 6. The molecule has 0 bridgehead atoms. The zero-order chi connectivity index (χ0) is 22.4. The maximum absolute atomic E-state index is 12.8. The van der Waals surface area contributed by atoms with E-state index >= 15 is 0 Å². The molecule has 0 atom stereocenters. The van der Waals surface area contributed by atoms with Gasteiger partial charge in [0.2, 0.25) is 5.91 Å². The highest BCUT2D eigenvalue weighted by Gasteiger charge is 2.30. The molecule has 12 heteroatoms. The molecule has 7 nitrogen and oxygen atoms in total. The third kappa shape index (κ3) is 6.34. The number of anilines is 1. The SMILES string of the molecule is CCn1c(COc2cccc(C(F)(F)F)c2)nnc1SCC(=O)Nc1ccc(Cl)cn1. The topological polar surface area (TPSA) is 81.9 Å². The monoisotopic (exact) mass is 471 g/mol. The van der Waals surface area contributed by atoms with Crippen molar-refractivity contribution in [1.82, 2.24) is 19.7 Å². The van der Waals surface area contributed by atoms with E-state index in [1.165, 1.54) is 30.1 Å². The first kappa shape index (κ1) is 22.9. The molecule has 0 spiro atoms. The number of nitrogens with one attached hydrogen (secondary N) is 1. The van der Waals surface area contributed by atoms with Crippen LogP contribution in [0.25, 0.3) is 0 Å². The second-order valence-electron chi connectivity index (χ2n) is 6.16. The van der Waals surface area contributed by atoms with E-state index in [1.54, 1.807) is 16.7 Å². The van der Waals surface area contributed by atoms with Crippen LogP contribution in [0.4, 0.5) is 19.0 Å². The molecule has 0 radical (unpaired) electrons. The summed E-state index contributed by atoms with van der Waals surface area (Å²) in [6, 6.07) is 7.81. The number of hydrogen-bond donors (Lipinski definition) is 1. The van der Waals surface area contributed by atoms with Crippen LogP contribution in [0.2, 0.25) is 5.02 Å². The summed E-state index contributed by atoms with van der Waals surface area (Å²) < 4.78 is 45.7. The molecule has 1 amide bonds. The van der Waals surface area contributed by atoms with Crippen LogP contribution < -0.4 is 10.1 Å². The van der Waals surface area contributed by atoms with Crippen LogP contribution in [0.3, 0.4) is 0 Å². The minimum absolute atomic E-state index is 0.0659. The average molecular weight is 472 g/mol. The minimum Gasteiger partial charge on any atom is -0.486 e. The van der Waals surface area contributed by atoms with Crippen LogP contribution in [0.5, 0.6) is 5.75 Å². The van der Waals surface area contributed by atoms with E-state index in [1.807, 2.05) is 6.92 Å². The summed E-state index contributed by atoms with van der Waals surface area (Å²) in [5.74, 6) is 0.665. The molecule has 0 aliphatic rings. The molecule has 3 aromatic rings. The van der Waals surface area contributed by atoms with E-state index in [0.717, 1.165) is 12.1 Å². The number of ether oxygens (including phenoxy) is 1. The molecule has 1 N–H and O–H groups in total. The Kier molecular flexibility index (Phi) is 7.39. The lowest BCUT2D eigenvalue weighted by Crippen LogP contribution is -2.15. The molecule has 31 heavy (non-hydrogen) atoms. The lowest BCUT2D eigenvalue weighted by Gasteiger charge is -2.11. The van der Waals surface area contributed by atoms with Gasteiger partial charge >= 0.3 is 6.18 Å². The Labute approximate surface area is 185 Å². The van der Waals surface area contributed by atoms with Crippen LogP contribution in [0.1, 0.15) is 18.3 Å². The second-order valence-corrected chi connectivity index (χ2v) is 7.53. The number of thioether (sulfide) groups is 1. The van der Waals surface area contributed by atoms with Crippen LogP contribution in [-0.2, 0) is 24.1 Å². The van der Waals surface area contributed by atoms with Crippen molar-refractivity contribution >= 4 is 35.1 Å². The number of carbonyl (C=O) groups excluding carboxylic acids is 1. The zero-order valence-corrected chi connectivity index (χ0v) is 17.8. The highest BCUT2D eigenvalue weighted by atomic mass is 35.5. The summed E-state index contributed by atoms with van der Waals surface area (Å²) in [6.07, 6.45) is -3.02. The van der Waals surface area contributed by atoms with Gasteiger partial charge in [-0.15, -0.1) is 10.2 Å². The number of halogens is 4. The van der Waals surface area contributed by atoms with Crippen LogP contribution in [0, 0.1) is 0 Å². The van der Waals surface area contributed by atoms with E-state index in [4.69, 9.17) is 16.3 Å². The van der Waals surface area contributed by atoms with Crippen molar-refractivity contribution in [2.24, 2.45) is 0 Å². The summed E-state index contributed by atoms with van der Waals surface area (Å²) >= 11 is 6.93. The molecule has 3 rings (SSSR count). The molecule has 0 saturated heterocycles. The Morgan fingerprint density at radius 2 is 2.06 bits per heavy atom. The van der Waals surface area contributed by atoms with Gasteiger partial charge < -0.3 is 14.6 Å². The number of rotatable bonds is 8. The summed E-state index contributed by atoms with van der Waals surface area (Å²) in [4.78, 5) is 16.1. The van der Waals surface area contributed by atoms with Crippen LogP contribution in [0.15, 0.2) is 47.8 Å². The first-order valence-electron chi connectivity index (χ1n) is 9.02. The molecule has 2 aromatic heterocycles. The first-order chi connectivity index (χ1) is 14.8. The smallest absolute Gasteiger partial charge is 0.416 e. The second kappa shape index (κ2) is 10.0. The Morgan fingerprint density at radius 1 is 1.26 bits per heavy atom. The van der Waals surface area contributed by atoms with Gasteiger partial charge in [0.25, 0.3) is 0 Å². The fraction of sp³-hybridized carbons (Fsp3) is 0.263. The van der Waals surface area contributed by atoms with Gasteiger partial charge in [0.05, 0.1) is 16.3 Å². The van der Waals surface area contributed by atoms with E-state index in [9.17, 15) is 18.0 Å². The molecule has 0 fully saturated rings. The number of benzene rings is 1. The number of nitrogens with zero attached hydrogens (tertiary/aromatic N) is 4. The number of pyridine rings is 1. The van der Waals surface area contributed by atoms with Gasteiger partial charge in [0, 0.05) is 12.7 Å². The fourth-order valence-corrected chi connectivity index (χ4v) is 3.45. The molecular formula is C19H17ClF3N5O2S. The summed E-state index contributed by atoms with van der Waals surface area (Å²) in [7, 11) is 0. The Balaban J connectivity index is 1.59. The highest BCUT2D eigenvalue weighted by Crippen LogP contribution is 2.31. The predicted octanol–water partition coefficient (Wildman–Crippen LogP) is 4.68. The van der Waals surface area contributed by atoms with Crippen molar-refractivity contribution < 1.29 is 22.7 Å². The third-order valence-electron chi connectivity index (χ3n) is 3.97. The molecule has 0 aliphatic carbocycles. The Hall–Kier alpha value is -2.79. The lowest BCUT2D eigenvalue weighted by molar-refractivity contribution is -0.137. The van der Waals surface area contributed by atoms with E-state index in [0.29, 0.717) is 28.4 Å². The van der Waals surface area contributed by atoms with Crippen molar-refractivity contribution in [2.45, 2.75) is 31.4 Å². The van der Waals surface area contributed by atoms with E-state index in [-0.39, 0.29) is 24.0 Å². The highest BCUT2D eigenvalue weighted by molar-refractivity contribution is 7.99. The van der Waals surface area contributed by atoms with E-state index in [2.05, 4.69) is 20.5 Å². The fourth-order valence-electron chi connectivity index (χ4n) is 2.52. The molecule has 0 saturated carbocycles. The number of aromatic nitrogens is 4. The largest absolute Gasteiger partial charge is 0.486 e. The maximum Gasteiger partial charge on any atom is 0.416 e. The minimum atomic E-state index is -4.45. The Morgan fingerprint density at radius 3 is 2.74 bits per heavy atom. The van der Waals surface area contributed by atoms with Gasteiger partial charge in [0.1, 0.15) is 18.2 Å². The van der Waals surface area contributed by atoms with Crippen molar-refractivity contribution in [3.63, 3.8) is 0 Å². The van der Waals surface area contributed by atoms with Gasteiger partial charge in [-0.05, 0) is 37.3 Å². The molecule has 0 unspecified atom stereocenters. The zero-order valence-electron chi connectivity index (χ0n) is 16.2. The van der Waals surface area contributed by atoms with Crippen LogP contribution >= 0.6 is 23.4 Å². The maximum atomic E-state index is 12.8. The number of alkyl halides is 3. The van der Waals surface area contributed by atoms with Crippen molar-refractivity contribution in [1.29, 1.82) is 0 Å². The van der Waals surface area contributed by atoms with Gasteiger partial charge in [-0.25, -0.2) is 4.98 Å². The summed E-state index contributed by atoms with van der Waals surface area (Å²) in [5.41, 5.74) is -0.792. The first-order valence-corrected chi connectivity index (χ1v) is 10.4. The number of amides is 1. The van der Waals surface area contributed by atoms with Gasteiger partial charge in [-0.1, -0.05) is 29.4 Å². The molecule has 1 aromatic carbocycles. The van der Waals surface area contributed by atoms with E-state index < -0.39 is 11.7 Å². The third-order valence-corrected chi connectivity index (χ3v) is 5.16. The standard InChI is InChI=1S/C19H17ClF3N5O2S/c1-2-28-16(10-30-14-5-3-4-12(8-14)19(21,22)23)26-27-18(28)31-11-17(29)25-15-7-6-13(20)9-24-15/h3-9H,2,10-11H2,1H3,(H,24,25,29). The molecular weight excluding hydrogens is 455 g/mol. The van der Waals surface area contributed by atoms with Crippen LogP contribution in [-0.4, -0.2) is 31.4 Å². The van der Waals surface area contributed by atoms with Gasteiger partial charge in [-0.3, -0.25) is 4.79 Å². The van der Waals surface area contributed by atoms with Gasteiger partial charge in [0.15, 0.2) is 11.0 Å². The van der Waals surface area contributed by atoms with Crippen molar-refractivity contribution in [2.75, 3.05) is 11.1 Å². The molecule has 0 aliphatic heterocycles. The average Bonchev–Trinajstić information content (AvgIpc) is 3.14. The van der Waals surface area contributed by atoms with Crippen molar-refractivity contribution in [3.05, 3.63) is 59.0 Å². The van der Waals surface area contributed by atoms with Gasteiger partial charge in [-0.2, -0.15) is 13.2 Å². The van der Waals surface area contributed by atoms with Crippen molar-refractivity contribution in [3.8, 4) is 5.75 Å². The quantitative estimate of drug-likeness (QED) is 0.480. The molecule has 2 heterocycles. The normalized spacial score (nSPS) is 11.4. The molecule has 164 valence electrons. The predicted molar refractivity (Wildman–Crippen MR) is 110 cm³/mol. The summed E-state index contributed by atoms with van der Waals surface area (Å²) in [6.45, 7) is 2.29. The Bertz CT molecular complexity index is 1040. The summed E-state index contributed by atoms with van der Waals surface area (Å²) in [5, 5.41) is 11.7. The lowest BCUT2D eigenvalue weighted by atomic mass is 10.2.